The molecule has 0 bridgehead atoms. The van der Waals surface area contributed by atoms with Crippen molar-refractivity contribution in [2.45, 2.75) is 6.92 Å². The van der Waals surface area contributed by atoms with E-state index in [1.165, 1.54) is 0 Å². The van der Waals surface area contributed by atoms with Gasteiger partial charge in [0.2, 0.25) is 0 Å². The molecule has 0 unspecified atom stereocenters. The molecule has 0 aliphatic heterocycles. The highest BCUT2D eigenvalue weighted by atomic mass is 16.4. The van der Waals surface area contributed by atoms with Gasteiger partial charge < -0.3 is 20.1 Å². The predicted molar refractivity (Wildman–Crippen MR) is 105 cm³/mol. The zero-order chi connectivity index (χ0) is 19.8. The van der Waals surface area contributed by atoms with E-state index in [-0.39, 0.29) is 11.4 Å². The van der Waals surface area contributed by atoms with Crippen LogP contribution in [0.15, 0.2) is 54.6 Å². The number of nitrogens with zero attached hydrogens (tertiary/aromatic N) is 2. The van der Waals surface area contributed by atoms with Crippen LogP contribution in [0.2, 0.25) is 0 Å². The first-order valence-electron chi connectivity index (χ1n) is 8.67. The number of pyridine rings is 1. The van der Waals surface area contributed by atoms with Crippen molar-refractivity contribution in [2.75, 3.05) is 6.54 Å². The van der Waals surface area contributed by atoms with E-state index in [1.54, 1.807) is 6.92 Å². The Labute approximate surface area is 159 Å². The van der Waals surface area contributed by atoms with Crippen molar-refractivity contribution in [1.82, 2.24) is 14.9 Å². The third kappa shape index (κ3) is 2.73. The lowest BCUT2D eigenvalue weighted by Gasteiger charge is -2.11. The summed E-state index contributed by atoms with van der Waals surface area (Å²) < 4.78 is 1.88. The number of hydrogen-bond acceptors (Lipinski definition) is 4. The van der Waals surface area contributed by atoms with Gasteiger partial charge in [0.05, 0.1) is 5.52 Å². The number of carbonyl (C=O) groups excluding carboxylic acids is 1. The fourth-order valence-corrected chi connectivity index (χ4v) is 3.46. The van der Waals surface area contributed by atoms with Crippen molar-refractivity contribution < 1.29 is 19.8 Å². The number of carboxylic acid groups (broad SMARTS) is 1. The van der Waals surface area contributed by atoms with Crippen LogP contribution in [0.5, 0.6) is 5.75 Å². The number of nitrogens with one attached hydrogen (secondary N) is 1. The average Bonchev–Trinajstić information content (AvgIpc) is 3.05. The summed E-state index contributed by atoms with van der Waals surface area (Å²) >= 11 is 0. The maximum Gasteiger partial charge on any atom is 0.322 e. The standard InChI is InChI=1S/C21H17N3O4/c1-12-17-14-9-5-6-10-15(14)24(13-7-3-2-4-8-13)19(17)20(27)18(23-12)21(28)22-11-16(25)26/h2-10,27H,11H2,1H3,(H,22,28)(H,25,26). The van der Waals surface area contributed by atoms with Crippen LogP contribution >= 0.6 is 0 Å². The predicted octanol–water partition coefficient (Wildman–Crippen LogP) is 3.01. The number of aliphatic carboxylic acids is 1. The number of amides is 1. The lowest BCUT2D eigenvalue weighted by molar-refractivity contribution is -0.135. The van der Waals surface area contributed by atoms with E-state index in [0.29, 0.717) is 11.2 Å². The van der Waals surface area contributed by atoms with Gasteiger partial charge in [-0.05, 0) is 25.1 Å². The molecule has 140 valence electrons. The quantitative estimate of drug-likeness (QED) is 0.509. The summed E-state index contributed by atoms with van der Waals surface area (Å²) in [5, 5.41) is 23.7. The number of hydrogen-bond donors (Lipinski definition) is 3. The Morgan fingerprint density at radius 1 is 1.07 bits per heavy atom. The average molecular weight is 375 g/mol. The second-order valence-corrected chi connectivity index (χ2v) is 6.38. The minimum atomic E-state index is -1.18. The van der Waals surface area contributed by atoms with Gasteiger partial charge in [0.1, 0.15) is 12.1 Å². The smallest absolute Gasteiger partial charge is 0.322 e. The largest absolute Gasteiger partial charge is 0.504 e. The van der Waals surface area contributed by atoms with Gasteiger partial charge >= 0.3 is 5.97 Å². The van der Waals surface area contributed by atoms with Gasteiger partial charge in [0, 0.05) is 22.2 Å². The molecule has 0 aliphatic carbocycles. The Balaban J connectivity index is 2.06. The molecule has 4 rings (SSSR count). The van der Waals surface area contributed by atoms with Crippen LogP contribution in [-0.2, 0) is 4.79 Å². The van der Waals surface area contributed by atoms with Crippen molar-refractivity contribution in [3.05, 3.63) is 66.0 Å². The molecule has 0 fully saturated rings. The minimum absolute atomic E-state index is 0.203. The van der Waals surface area contributed by atoms with E-state index in [9.17, 15) is 14.7 Å². The number of carboxylic acids is 1. The van der Waals surface area contributed by atoms with Crippen molar-refractivity contribution in [3.8, 4) is 11.4 Å². The first-order valence-corrected chi connectivity index (χ1v) is 8.67. The van der Waals surface area contributed by atoms with E-state index in [0.717, 1.165) is 22.0 Å². The van der Waals surface area contributed by atoms with Gasteiger partial charge in [-0.15, -0.1) is 0 Å². The molecule has 0 saturated heterocycles. The summed E-state index contributed by atoms with van der Waals surface area (Å²) in [6.45, 7) is 1.20. The highest BCUT2D eigenvalue weighted by molar-refractivity contribution is 6.14. The van der Waals surface area contributed by atoms with Crippen LogP contribution in [0.1, 0.15) is 16.2 Å². The number of benzene rings is 2. The molecule has 0 atom stereocenters. The number of fused-ring (bicyclic) bond motifs is 3. The van der Waals surface area contributed by atoms with E-state index >= 15 is 0 Å². The van der Waals surface area contributed by atoms with Crippen LogP contribution in [0.3, 0.4) is 0 Å². The molecule has 2 aromatic carbocycles. The molecule has 4 aromatic rings. The van der Waals surface area contributed by atoms with Gasteiger partial charge in [0.25, 0.3) is 5.91 Å². The van der Waals surface area contributed by atoms with Crippen molar-refractivity contribution in [3.63, 3.8) is 0 Å². The monoisotopic (exact) mass is 375 g/mol. The molecular weight excluding hydrogens is 358 g/mol. The van der Waals surface area contributed by atoms with Crippen LogP contribution in [0, 0.1) is 6.92 Å². The summed E-state index contributed by atoms with van der Waals surface area (Å²) in [5.74, 6) is -2.21. The molecule has 0 radical (unpaired) electrons. The molecule has 7 nitrogen and oxygen atoms in total. The number of aryl methyl sites for hydroxylation is 1. The lowest BCUT2D eigenvalue weighted by atomic mass is 10.1. The van der Waals surface area contributed by atoms with Gasteiger partial charge in [-0.2, -0.15) is 0 Å². The third-order valence-electron chi connectivity index (χ3n) is 4.59. The molecular formula is C21H17N3O4. The molecule has 0 aliphatic rings. The number of aromatic nitrogens is 2. The van der Waals surface area contributed by atoms with Gasteiger partial charge in [-0.25, -0.2) is 4.98 Å². The molecule has 0 spiro atoms. The van der Waals surface area contributed by atoms with E-state index in [1.807, 2.05) is 59.2 Å². The first-order chi connectivity index (χ1) is 13.5. The summed E-state index contributed by atoms with van der Waals surface area (Å²) in [5.41, 5.74) is 2.52. The minimum Gasteiger partial charge on any atom is -0.504 e. The summed E-state index contributed by atoms with van der Waals surface area (Å²) in [7, 11) is 0. The fraction of sp³-hybridized carbons (Fsp3) is 0.0952. The van der Waals surface area contributed by atoms with Gasteiger partial charge in [0.15, 0.2) is 11.4 Å². The summed E-state index contributed by atoms with van der Waals surface area (Å²) in [4.78, 5) is 27.4. The van der Waals surface area contributed by atoms with Gasteiger partial charge in [-0.3, -0.25) is 9.59 Å². The second-order valence-electron chi connectivity index (χ2n) is 6.38. The maximum atomic E-state index is 12.4. The highest BCUT2D eigenvalue weighted by Crippen LogP contribution is 2.39. The third-order valence-corrected chi connectivity index (χ3v) is 4.59. The molecule has 7 heteroatoms. The topological polar surface area (TPSA) is 104 Å². The second kappa shape index (κ2) is 6.70. The van der Waals surface area contributed by atoms with Crippen LogP contribution in [0.25, 0.3) is 27.5 Å². The first kappa shape index (κ1) is 17.5. The lowest BCUT2D eigenvalue weighted by Crippen LogP contribution is -2.30. The Hall–Kier alpha value is -3.87. The Bertz CT molecular complexity index is 1230. The van der Waals surface area contributed by atoms with Crippen molar-refractivity contribution in [2.24, 2.45) is 0 Å². The van der Waals surface area contributed by atoms with E-state index < -0.39 is 18.4 Å². The molecule has 28 heavy (non-hydrogen) atoms. The maximum absolute atomic E-state index is 12.4. The normalized spacial score (nSPS) is 11.0. The van der Waals surface area contributed by atoms with Crippen LogP contribution in [-0.4, -0.2) is 38.2 Å². The number of carbonyl (C=O) groups is 2. The van der Waals surface area contributed by atoms with Crippen LogP contribution in [0.4, 0.5) is 0 Å². The molecule has 3 N–H and O–H groups in total. The molecule has 0 saturated carbocycles. The van der Waals surface area contributed by atoms with E-state index in [4.69, 9.17) is 5.11 Å². The fourth-order valence-electron chi connectivity index (χ4n) is 3.46. The zero-order valence-electron chi connectivity index (χ0n) is 15.0. The number of rotatable bonds is 4. The number of aromatic hydroxyl groups is 1. The SMILES string of the molecule is Cc1nc(C(=O)NCC(=O)O)c(O)c2c1c1ccccc1n2-c1ccccc1. The molecule has 2 heterocycles. The molecule has 1 amide bonds. The summed E-state index contributed by atoms with van der Waals surface area (Å²) in [6, 6.07) is 17.2. The zero-order valence-corrected chi connectivity index (χ0v) is 15.0. The van der Waals surface area contributed by atoms with Gasteiger partial charge in [-0.1, -0.05) is 36.4 Å². The Kier molecular flexibility index (Phi) is 4.19. The highest BCUT2D eigenvalue weighted by Gasteiger charge is 2.24. The molecule has 2 aromatic heterocycles. The van der Waals surface area contributed by atoms with Crippen molar-refractivity contribution >= 4 is 33.7 Å². The summed E-state index contributed by atoms with van der Waals surface area (Å²) in [6.07, 6.45) is 0. The number of para-hydroxylation sites is 2. The van der Waals surface area contributed by atoms with E-state index in [2.05, 4.69) is 10.3 Å². The Morgan fingerprint density at radius 3 is 2.46 bits per heavy atom. The van der Waals surface area contributed by atoms with Crippen molar-refractivity contribution in [1.29, 1.82) is 0 Å². The van der Waals surface area contributed by atoms with Crippen LogP contribution < -0.4 is 5.32 Å². The Morgan fingerprint density at radius 2 is 1.75 bits per heavy atom.